The maximum atomic E-state index is 11.9. The number of halogens is 2. The van der Waals surface area contributed by atoms with Crippen molar-refractivity contribution in [1.29, 1.82) is 0 Å². The molecule has 0 saturated carbocycles. The Balaban J connectivity index is 0.00000200. The van der Waals surface area contributed by atoms with E-state index in [1.807, 2.05) is 14.0 Å². The van der Waals surface area contributed by atoms with Crippen LogP contribution in [0.4, 0.5) is 5.13 Å². The molecule has 1 aromatic rings. The van der Waals surface area contributed by atoms with Crippen LogP contribution in [0.25, 0.3) is 0 Å². The monoisotopic (exact) mass is 354 g/mol. The Morgan fingerprint density at radius 2 is 2.19 bits per heavy atom. The number of amides is 1. The Morgan fingerprint density at radius 3 is 2.81 bits per heavy atom. The first-order valence-corrected chi connectivity index (χ1v) is 7.62. The van der Waals surface area contributed by atoms with Crippen LogP contribution < -0.4 is 10.6 Å². The van der Waals surface area contributed by atoms with Gasteiger partial charge >= 0.3 is 0 Å². The van der Waals surface area contributed by atoms with Crippen molar-refractivity contribution < 1.29 is 4.79 Å². The van der Waals surface area contributed by atoms with E-state index in [-0.39, 0.29) is 36.6 Å². The topological polar surface area (TPSA) is 57.3 Å². The number of rotatable bonds is 5. The highest BCUT2D eigenvalue weighted by molar-refractivity contribution is 7.15. The van der Waals surface area contributed by atoms with E-state index in [0.29, 0.717) is 6.54 Å². The summed E-state index contributed by atoms with van der Waals surface area (Å²) < 4.78 is 0. The molecule has 1 aliphatic heterocycles. The molecule has 0 saturated heterocycles. The molecular formula is C13H24Cl2N4OS. The molecule has 8 heteroatoms. The molecule has 1 atom stereocenters. The number of hydrogen-bond donors (Lipinski definition) is 2. The lowest BCUT2D eigenvalue weighted by molar-refractivity contribution is -0.119. The molecule has 0 spiro atoms. The zero-order chi connectivity index (χ0) is 13.8. The fourth-order valence-corrected chi connectivity index (χ4v) is 3.25. The number of anilines is 1. The van der Waals surface area contributed by atoms with Crippen molar-refractivity contribution in [2.24, 2.45) is 5.92 Å². The summed E-state index contributed by atoms with van der Waals surface area (Å²) in [5.74, 6) is -0.00846. The van der Waals surface area contributed by atoms with E-state index in [2.05, 4.69) is 27.4 Å². The summed E-state index contributed by atoms with van der Waals surface area (Å²) in [6, 6.07) is 0. The standard InChI is InChI=1S/C13H22N4OS.2ClH/c1-4-17-6-5-10-11(8-17)19-13(15-10)16-12(18)9(2)7-14-3;;/h9,14H,4-8H2,1-3H3,(H,15,16,18);2*1H. The van der Waals surface area contributed by atoms with Gasteiger partial charge in [0.2, 0.25) is 5.91 Å². The quantitative estimate of drug-likeness (QED) is 0.850. The van der Waals surface area contributed by atoms with Gasteiger partial charge in [-0.05, 0) is 13.6 Å². The van der Waals surface area contributed by atoms with Crippen molar-refractivity contribution in [3.63, 3.8) is 0 Å². The first-order valence-electron chi connectivity index (χ1n) is 6.80. The molecule has 1 aromatic heterocycles. The van der Waals surface area contributed by atoms with E-state index in [1.54, 1.807) is 11.3 Å². The van der Waals surface area contributed by atoms with Crippen LogP contribution in [0, 0.1) is 5.92 Å². The fraction of sp³-hybridized carbons (Fsp3) is 0.692. The normalized spacial score (nSPS) is 15.4. The van der Waals surface area contributed by atoms with Crippen LogP contribution in [0.3, 0.4) is 0 Å². The molecule has 0 aliphatic carbocycles. The summed E-state index contributed by atoms with van der Waals surface area (Å²) >= 11 is 1.61. The van der Waals surface area contributed by atoms with E-state index in [0.717, 1.165) is 36.9 Å². The number of nitrogens with zero attached hydrogens (tertiary/aromatic N) is 2. The maximum Gasteiger partial charge on any atom is 0.230 e. The Hall–Kier alpha value is -0.400. The first-order chi connectivity index (χ1) is 9.13. The molecule has 0 aromatic carbocycles. The van der Waals surface area contributed by atoms with Gasteiger partial charge in [0, 0.05) is 36.9 Å². The molecule has 2 N–H and O–H groups in total. The molecule has 1 amide bonds. The number of thiazole rings is 1. The van der Waals surface area contributed by atoms with Crippen molar-refractivity contribution >= 4 is 47.2 Å². The second kappa shape index (κ2) is 9.58. The summed E-state index contributed by atoms with van der Waals surface area (Å²) in [6.45, 7) is 7.87. The largest absolute Gasteiger partial charge is 0.319 e. The van der Waals surface area contributed by atoms with Crippen LogP contribution in [0.2, 0.25) is 0 Å². The molecule has 2 rings (SSSR count). The lowest BCUT2D eigenvalue weighted by Gasteiger charge is -2.23. The molecule has 1 unspecified atom stereocenters. The predicted molar refractivity (Wildman–Crippen MR) is 93.0 cm³/mol. The number of carbonyl (C=O) groups is 1. The Morgan fingerprint density at radius 1 is 1.48 bits per heavy atom. The summed E-state index contributed by atoms with van der Waals surface area (Å²) in [5, 5.41) is 6.68. The second-order valence-corrected chi connectivity index (χ2v) is 6.04. The number of hydrogen-bond acceptors (Lipinski definition) is 5. The molecule has 1 aliphatic rings. The number of aromatic nitrogens is 1. The third kappa shape index (κ3) is 5.38. The molecule has 0 fully saturated rings. The highest BCUT2D eigenvalue weighted by Gasteiger charge is 2.21. The number of likely N-dealkylation sites (N-methyl/N-ethyl adjacent to an activating group) is 1. The number of carbonyl (C=O) groups excluding carboxylic acids is 1. The van der Waals surface area contributed by atoms with Crippen LogP contribution in [0.5, 0.6) is 0 Å². The smallest absolute Gasteiger partial charge is 0.230 e. The Kier molecular flexibility index (Phi) is 9.40. The van der Waals surface area contributed by atoms with Crippen molar-refractivity contribution in [3.05, 3.63) is 10.6 Å². The van der Waals surface area contributed by atoms with Gasteiger partial charge in [0.15, 0.2) is 5.13 Å². The molecule has 5 nitrogen and oxygen atoms in total. The van der Waals surface area contributed by atoms with Crippen LogP contribution in [-0.2, 0) is 17.8 Å². The third-order valence-electron chi connectivity index (χ3n) is 3.45. The number of fused-ring (bicyclic) bond motifs is 1. The van der Waals surface area contributed by atoms with Gasteiger partial charge < -0.3 is 10.6 Å². The minimum Gasteiger partial charge on any atom is -0.319 e. The van der Waals surface area contributed by atoms with E-state index in [9.17, 15) is 4.79 Å². The van der Waals surface area contributed by atoms with Crippen LogP contribution in [-0.4, -0.2) is 42.5 Å². The average Bonchev–Trinajstić information content (AvgIpc) is 2.79. The van der Waals surface area contributed by atoms with E-state index in [1.165, 1.54) is 4.88 Å². The Labute approximate surface area is 142 Å². The lowest BCUT2D eigenvalue weighted by Crippen LogP contribution is -2.29. The van der Waals surface area contributed by atoms with Gasteiger partial charge in [-0.2, -0.15) is 0 Å². The molecular weight excluding hydrogens is 331 g/mol. The number of nitrogens with one attached hydrogen (secondary N) is 2. The van der Waals surface area contributed by atoms with Crippen LogP contribution >= 0.6 is 36.2 Å². The lowest BCUT2D eigenvalue weighted by atomic mass is 10.1. The third-order valence-corrected chi connectivity index (χ3v) is 4.44. The zero-order valence-corrected chi connectivity index (χ0v) is 15.1. The van der Waals surface area contributed by atoms with Crippen molar-refractivity contribution in [1.82, 2.24) is 15.2 Å². The minimum atomic E-state index is -0.0435. The second-order valence-electron chi connectivity index (χ2n) is 4.96. The summed E-state index contributed by atoms with van der Waals surface area (Å²) in [5.41, 5.74) is 1.16. The van der Waals surface area contributed by atoms with E-state index < -0.39 is 0 Å². The molecule has 0 radical (unpaired) electrons. The summed E-state index contributed by atoms with van der Waals surface area (Å²) in [6.07, 6.45) is 0.988. The first kappa shape index (κ1) is 20.6. The highest BCUT2D eigenvalue weighted by atomic mass is 35.5. The zero-order valence-electron chi connectivity index (χ0n) is 12.6. The molecule has 2 heterocycles. The summed E-state index contributed by atoms with van der Waals surface area (Å²) in [7, 11) is 1.85. The maximum absolute atomic E-state index is 11.9. The van der Waals surface area contributed by atoms with Crippen LogP contribution in [0.1, 0.15) is 24.4 Å². The fourth-order valence-electron chi connectivity index (χ4n) is 2.20. The predicted octanol–water partition coefficient (Wildman–Crippen LogP) is 2.16. The van der Waals surface area contributed by atoms with Gasteiger partial charge in [-0.3, -0.25) is 9.69 Å². The van der Waals surface area contributed by atoms with Gasteiger partial charge in [0.1, 0.15) is 0 Å². The van der Waals surface area contributed by atoms with E-state index in [4.69, 9.17) is 0 Å². The average molecular weight is 355 g/mol. The van der Waals surface area contributed by atoms with Gasteiger partial charge in [0.05, 0.1) is 5.69 Å². The van der Waals surface area contributed by atoms with Crippen molar-refractivity contribution in [2.45, 2.75) is 26.8 Å². The molecule has 122 valence electrons. The molecule has 21 heavy (non-hydrogen) atoms. The highest BCUT2D eigenvalue weighted by Crippen LogP contribution is 2.28. The van der Waals surface area contributed by atoms with Crippen molar-refractivity contribution in [2.75, 3.05) is 32.0 Å². The Bertz CT molecular complexity index is 455. The van der Waals surface area contributed by atoms with Gasteiger partial charge in [-0.25, -0.2) is 4.98 Å². The van der Waals surface area contributed by atoms with Crippen molar-refractivity contribution in [3.8, 4) is 0 Å². The van der Waals surface area contributed by atoms with Gasteiger partial charge in [-0.1, -0.05) is 13.8 Å². The molecule has 0 bridgehead atoms. The SMILES string of the molecule is CCN1CCc2nc(NC(=O)C(C)CNC)sc2C1.Cl.Cl. The van der Waals surface area contributed by atoms with E-state index >= 15 is 0 Å². The van der Waals surface area contributed by atoms with Crippen LogP contribution in [0.15, 0.2) is 0 Å². The van der Waals surface area contributed by atoms with Gasteiger partial charge in [-0.15, -0.1) is 36.2 Å². The summed E-state index contributed by atoms with van der Waals surface area (Å²) in [4.78, 5) is 20.2. The minimum absolute atomic E-state index is 0. The van der Waals surface area contributed by atoms with Gasteiger partial charge in [0.25, 0.3) is 0 Å².